The van der Waals surface area contributed by atoms with Crippen molar-refractivity contribution in [1.82, 2.24) is 9.97 Å². The molecule has 0 atom stereocenters. The molecular weight excluding hydrogens is 246 g/mol. The van der Waals surface area contributed by atoms with Gasteiger partial charge in [-0.05, 0) is 19.9 Å². The van der Waals surface area contributed by atoms with E-state index in [2.05, 4.69) is 20.3 Å². The molecule has 3 N–H and O–H groups in total. The minimum Gasteiger partial charge on any atom is -0.380 e. The summed E-state index contributed by atoms with van der Waals surface area (Å²) in [6, 6.07) is 1.85. The number of nitrogens with one attached hydrogen (secondary N) is 1. The first kappa shape index (κ1) is 15.6. The van der Waals surface area contributed by atoms with Gasteiger partial charge in [-0.3, -0.25) is 5.43 Å². The van der Waals surface area contributed by atoms with Crippen molar-refractivity contribution in [1.29, 1.82) is 0 Å². The molecule has 1 aromatic heterocycles. The lowest BCUT2D eigenvalue weighted by Crippen LogP contribution is -2.32. The lowest BCUT2D eigenvalue weighted by molar-refractivity contribution is 0.141. The second kappa shape index (κ2) is 9.48. The zero-order valence-corrected chi connectivity index (χ0v) is 11.6. The Hall–Kier alpha value is -1.44. The van der Waals surface area contributed by atoms with Crippen LogP contribution in [-0.2, 0) is 9.47 Å². The van der Waals surface area contributed by atoms with Crippen molar-refractivity contribution < 1.29 is 9.47 Å². The lowest BCUT2D eigenvalue weighted by atomic mass is 10.4. The Balaban J connectivity index is 2.63. The second-order valence-electron chi connectivity index (χ2n) is 3.76. The maximum absolute atomic E-state index is 5.38. The van der Waals surface area contributed by atoms with Gasteiger partial charge in [0.15, 0.2) is 0 Å². The Labute approximate surface area is 114 Å². The highest BCUT2D eigenvalue weighted by atomic mass is 16.5. The lowest BCUT2D eigenvalue weighted by Gasteiger charge is -2.23. The van der Waals surface area contributed by atoms with Crippen LogP contribution in [-0.4, -0.2) is 49.5 Å². The summed E-state index contributed by atoms with van der Waals surface area (Å²) in [4.78, 5) is 10.4. The molecule has 0 spiro atoms. The van der Waals surface area contributed by atoms with E-state index >= 15 is 0 Å². The van der Waals surface area contributed by atoms with E-state index in [1.807, 2.05) is 19.9 Å². The number of nitrogens with two attached hydrogens (primary N) is 1. The van der Waals surface area contributed by atoms with Crippen molar-refractivity contribution in [2.45, 2.75) is 13.8 Å². The molecule has 0 aliphatic rings. The molecule has 108 valence electrons. The number of aromatic nitrogens is 2. The zero-order chi connectivity index (χ0) is 13.9. The number of hydrogen-bond donors (Lipinski definition) is 2. The van der Waals surface area contributed by atoms with Crippen LogP contribution in [0.5, 0.6) is 0 Å². The fourth-order valence-electron chi connectivity index (χ4n) is 1.57. The van der Waals surface area contributed by atoms with Crippen LogP contribution in [0, 0.1) is 0 Å². The predicted molar refractivity (Wildman–Crippen MR) is 75.0 cm³/mol. The van der Waals surface area contributed by atoms with E-state index in [1.54, 1.807) is 6.20 Å². The fourth-order valence-corrected chi connectivity index (χ4v) is 1.57. The number of hydrazine groups is 1. The highest BCUT2D eigenvalue weighted by Crippen LogP contribution is 2.11. The molecule has 0 saturated heterocycles. The Bertz CT molecular complexity index is 341. The van der Waals surface area contributed by atoms with E-state index < -0.39 is 0 Å². The summed E-state index contributed by atoms with van der Waals surface area (Å²) in [6.07, 6.45) is 1.67. The van der Waals surface area contributed by atoms with Gasteiger partial charge in [-0.1, -0.05) is 0 Å². The van der Waals surface area contributed by atoms with Gasteiger partial charge in [0.05, 0.1) is 13.2 Å². The molecule has 0 aliphatic heterocycles. The van der Waals surface area contributed by atoms with Gasteiger partial charge in [0, 0.05) is 32.5 Å². The number of nitrogens with zero attached hydrogens (tertiary/aromatic N) is 3. The fraction of sp³-hybridized carbons (Fsp3) is 0.667. The summed E-state index contributed by atoms with van der Waals surface area (Å²) in [5.74, 6) is 6.53. The average Bonchev–Trinajstić information content (AvgIpc) is 2.46. The van der Waals surface area contributed by atoms with E-state index in [4.69, 9.17) is 15.3 Å². The summed E-state index contributed by atoms with van der Waals surface area (Å²) in [6.45, 7) is 8.18. The monoisotopic (exact) mass is 269 g/mol. The van der Waals surface area contributed by atoms with Crippen LogP contribution >= 0.6 is 0 Å². The van der Waals surface area contributed by atoms with Crippen molar-refractivity contribution in [3.05, 3.63) is 12.3 Å². The molecule has 0 aromatic carbocycles. The molecule has 0 saturated carbocycles. The van der Waals surface area contributed by atoms with Crippen molar-refractivity contribution in [3.63, 3.8) is 0 Å². The molecule has 1 aromatic rings. The van der Waals surface area contributed by atoms with Crippen LogP contribution < -0.4 is 16.2 Å². The number of hydrogen-bond acceptors (Lipinski definition) is 7. The second-order valence-corrected chi connectivity index (χ2v) is 3.76. The topological polar surface area (TPSA) is 85.5 Å². The first-order chi connectivity index (χ1) is 9.31. The van der Waals surface area contributed by atoms with E-state index in [0.717, 1.165) is 18.9 Å². The van der Waals surface area contributed by atoms with Gasteiger partial charge in [0.25, 0.3) is 0 Å². The molecule has 0 radical (unpaired) electrons. The standard InChI is InChI=1S/C12H23N5O2/c1-3-18-9-7-17(8-10-19-4-2)11-5-6-14-12(15-11)16-13/h5-6H,3-4,7-10,13H2,1-2H3,(H,14,15,16). The molecule has 1 heterocycles. The molecule has 0 fully saturated rings. The molecule has 0 bridgehead atoms. The van der Waals surface area contributed by atoms with Gasteiger partial charge in [-0.2, -0.15) is 4.98 Å². The maximum Gasteiger partial charge on any atom is 0.239 e. The van der Waals surface area contributed by atoms with Crippen LogP contribution in [0.1, 0.15) is 13.8 Å². The summed E-state index contributed by atoms with van der Waals surface area (Å²) in [5, 5.41) is 0. The zero-order valence-electron chi connectivity index (χ0n) is 11.6. The van der Waals surface area contributed by atoms with Crippen molar-refractivity contribution >= 4 is 11.8 Å². The predicted octanol–water partition coefficient (Wildman–Crippen LogP) is 0.642. The highest BCUT2D eigenvalue weighted by Gasteiger charge is 2.08. The molecule has 7 nitrogen and oxygen atoms in total. The SMILES string of the molecule is CCOCCN(CCOCC)c1ccnc(NN)n1. The maximum atomic E-state index is 5.38. The molecule has 0 aliphatic carbocycles. The van der Waals surface area contributed by atoms with Crippen LogP contribution in [0.2, 0.25) is 0 Å². The van der Waals surface area contributed by atoms with Gasteiger partial charge in [0.2, 0.25) is 5.95 Å². The van der Waals surface area contributed by atoms with Crippen LogP contribution in [0.4, 0.5) is 11.8 Å². The third-order valence-corrected chi connectivity index (χ3v) is 2.51. The van der Waals surface area contributed by atoms with Crippen LogP contribution in [0.3, 0.4) is 0 Å². The quantitative estimate of drug-likeness (QED) is 0.366. The van der Waals surface area contributed by atoms with Gasteiger partial charge in [-0.15, -0.1) is 0 Å². The van der Waals surface area contributed by atoms with Gasteiger partial charge >= 0.3 is 0 Å². The third kappa shape index (κ3) is 5.82. The first-order valence-electron chi connectivity index (χ1n) is 6.51. The van der Waals surface area contributed by atoms with E-state index in [9.17, 15) is 0 Å². The Kier molecular flexibility index (Phi) is 7.80. The van der Waals surface area contributed by atoms with Crippen LogP contribution in [0.15, 0.2) is 12.3 Å². The van der Waals surface area contributed by atoms with Gasteiger partial charge in [-0.25, -0.2) is 10.8 Å². The minimum absolute atomic E-state index is 0.398. The summed E-state index contributed by atoms with van der Waals surface area (Å²) in [7, 11) is 0. The Morgan fingerprint density at radius 2 is 1.84 bits per heavy atom. The summed E-state index contributed by atoms with van der Waals surface area (Å²) in [5.41, 5.74) is 2.45. The van der Waals surface area contributed by atoms with E-state index in [-0.39, 0.29) is 0 Å². The van der Waals surface area contributed by atoms with Gasteiger partial charge in [0.1, 0.15) is 5.82 Å². The first-order valence-corrected chi connectivity index (χ1v) is 6.51. The minimum atomic E-state index is 0.398. The third-order valence-electron chi connectivity index (χ3n) is 2.51. The number of ether oxygens (including phenoxy) is 2. The normalized spacial score (nSPS) is 10.5. The average molecular weight is 269 g/mol. The Morgan fingerprint density at radius 1 is 1.21 bits per heavy atom. The molecule has 0 amide bonds. The van der Waals surface area contributed by atoms with E-state index in [1.165, 1.54) is 0 Å². The molecule has 7 heteroatoms. The molecule has 1 rings (SSSR count). The number of rotatable bonds is 10. The number of anilines is 2. The molecule has 0 unspecified atom stereocenters. The summed E-state index contributed by atoms with van der Waals surface area (Å²) < 4.78 is 10.8. The molecular formula is C12H23N5O2. The highest BCUT2D eigenvalue weighted by molar-refractivity contribution is 5.41. The van der Waals surface area contributed by atoms with E-state index in [0.29, 0.717) is 32.4 Å². The van der Waals surface area contributed by atoms with Crippen LogP contribution in [0.25, 0.3) is 0 Å². The van der Waals surface area contributed by atoms with Crippen molar-refractivity contribution in [3.8, 4) is 0 Å². The summed E-state index contributed by atoms with van der Waals surface area (Å²) >= 11 is 0. The largest absolute Gasteiger partial charge is 0.380 e. The smallest absolute Gasteiger partial charge is 0.239 e. The molecule has 19 heavy (non-hydrogen) atoms. The Morgan fingerprint density at radius 3 is 2.37 bits per heavy atom. The van der Waals surface area contributed by atoms with Gasteiger partial charge < -0.3 is 14.4 Å². The van der Waals surface area contributed by atoms with Crippen molar-refractivity contribution in [2.24, 2.45) is 5.84 Å². The number of nitrogen functional groups attached to an aromatic ring is 1. The van der Waals surface area contributed by atoms with Crippen molar-refractivity contribution in [2.75, 3.05) is 49.8 Å².